The van der Waals surface area contributed by atoms with Crippen LogP contribution in [-0.2, 0) is 6.54 Å². The molecule has 1 atom stereocenters. The van der Waals surface area contributed by atoms with Gasteiger partial charge in [0.15, 0.2) is 0 Å². The third kappa shape index (κ3) is 6.12. The van der Waals surface area contributed by atoms with Gasteiger partial charge in [0, 0.05) is 17.6 Å². The van der Waals surface area contributed by atoms with E-state index in [0.29, 0.717) is 17.5 Å². The molecule has 34 heavy (non-hydrogen) atoms. The van der Waals surface area contributed by atoms with E-state index < -0.39 is 0 Å². The molecule has 1 saturated carbocycles. The van der Waals surface area contributed by atoms with Gasteiger partial charge in [0.25, 0.3) is 0 Å². The maximum absolute atomic E-state index is 13.5. The molecule has 0 radical (unpaired) electrons. The van der Waals surface area contributed by atoms with Crippen molar-refractivity contribution in [2.75, 3.05) is 7.11 Å². The first-order chi connectivity index (χ1) is 16.5. The van der Waals surface area contributed by atoms with E-state index in [-0.39, 0.29) is 18.1 Å². The van der Waals surface area contributed by atoms with Crippen molar-refractivity contribution in [1.82, 2.24) is 10.2 Å². The molecule has 2 amide bonds. The van der Waals surface area contributed by atoms with E-state index in [1.807, 2.05) is 60.4 Å². The number of nitrogens with one attached hydrogen (secondary N) is 1. The molecule has 1 aliphatic carbocycles. The molecule has 3 aromatic carbocycles. The number of amides is 2. The van der Waals surface area contributed by atoms with Crippen LogP contribution in [0.25, 0.3) is 0 Å². The molecule has 1 N–H and O–H groups in total. The lowest BCUT2D eigenvalue weighted by atomic mass is 9.81. The number of urea groups is 1. The Bertz CT molecular complexity index is 1050. The first kappa shape index (κ1) is 24.2. The van der Waals surface area contributed by atoms with Crippen molar-refractivity contribution >= 4 is 17.6 Å². The molecule has 0 aromatic heterocycles. The Labute approximate surface area is 207 Å². The molecule has 1 fully saturated rings. The van der Waals surface area contributed by atoms with Crippen molar-refractivity contribution < 1.29 is 9.53 Å². The number of hydrogen-bond acceptors (Lipinski definition) is 2. The van der Waals surface area contributed by atoms with Crippen LogP contribution in [0.3, 0.4) is 0 Å². The monoisotopic (exact) mass is 476 g/mol. The Morgan fingerprint density at radius 1 is 0.971 bits per heavy atom. The van der Waals surface area contributed by atoms with E-state index in [9.17, 15) is 4.79 Å². The third-order valence-electron chi connectivity index (χ3n) is 6.89. The predicted molar refractivity (Wildman–Crippen MR) is 138 cm³/mol. The molecule has 5 heteroatoms. The smallest absolute Gasteiger partial charge is 0.318 e. The first-order valence-corrected chi connectivity index (χ1v) is 12.4. The zero-order valence-electron chi connectivity index (χ0n) is 19.9. The molecule has 0 saturated heterocycles. The molecule has 0 aliphatic heterocycles. The largest absolute Gasteiger partial charge is 0.497 e. The van der Waals surface area contributed by atoms with Crippen LogP contribution in [0.2, 0.25) is 5.02 Å². The molecule has 0 heterocycles. The highest BCUT2D eigenvalue weighted by atomic mass is 35.5. The van der Waals surface area contributed by atoms with Crippen LogP contribution < -0.4 is 10.1 Å². The lowest BCUT2D eigenvalue weighted by molar-refractivity contribution is 0.144. The van der Waals surface area contributed by atoms with Gasteiger partial charge in [-0.3, -0.25) is 0 Å². The van der Waals surface area contributed by atoms with Crippen LogP contribution in [0.1, 0.15) is 61.3 Å². The van der Waals surface area contributed by atoms with Crippen LogP contribution in [0.15, 0.2) is 78.9 Å². The summed E-state index contributed by atoms with van der Waals surface area (Å²) in [6.07, 6.45) is 4.18. The molecule has 4 rings (SSSR count). The van der Waals surface area contributed by atoms with Gasteiger partial charge in [-0.15, -0.1) is 0 Å². The van der Waals surface area contributed by atoms with Crippen molar-refractivity contribution in [3.63, 3.8) is 0 Å². The average Bonchev–Trinajstić information content (AvgIpc) is 2.88. The fourth-order valence-corrected chi connectivity index (χ4v) is 4.97. The number of halogens is 1. The summed E-state index contributed by atoms with van der Waals surface area (Å²) in [6, 6.07) is 26.4. The molecule has 0 bridgehead atoms. The number of carbonyl (C=O) groups is 1. The summed E-state index contributed by atoms with van der Waals surface area (Å²) in [6.45, 7) is 2.59. The molecule has 178 valence electrons. The lowest BCUT2D eigenvalue weighted by Crippen LogP contribution is -2.47. The van der Waals surface area contributed by atoms with Gasteiger partial charge in [-0.25, -0.2) is 4.79 Å². The Hall–Kier alpha value is -2.98. The number of hydrogen-bond donors (Lipinski definition) is 1. The van der Waals surface area contributed by atoms with Crippen LogP contribution in [-0.4, -0.2) is 24.1 Å². The van der Waals surface area contributed by atoms with Crippen molar-refractivity contribution in [2.45, 2.75) is 57.2 Å². The molecular formula is C29H33ClN2O2. The lowest BCUT2D eigenvalue weighted by Gasteiger charge is -2.38. The zero-order chi connectivity index (χ0) is 23.9. The number of nitrogens with zero attached hydrogens (tertiary/aromatic N) is 1. The summed E-state index contributed by atoms with van der Waals surface area (Å²) in [7, 11) is 1.66. The average molecular weight is 477 g/mol. The van der Waals surface area contributed by atoms with Crippen LogP contribution in [0.5, 0.6) is 5.75 Å². The predicted octanol–water partition coefficient (Wildman–Crippen LogP) is 7.35. The summed E-state index contributed by atoms with van der Waals surface area (Å²) in [4.78, 5) is 15.6. The number of ether oxygens (including phenoxy) is 1. The second kappa shape index (κ2) is 11.4. The van der Waals surface area contributed by atoms with Gasteiger partial charge in [0.2, 0.25) is 0 Å². The second-order valence-electron chi connectivity index (χ2n) is 9.11. The van der Waals surface area contributed by atoms with Gasteiger partial charge in [-0.05, 0) is 79.5 Å². The minimum atomic E-state index is -0.108. The standard InChI is InChI=1S/C29H33ClN2O2/c1-21(23-10-14-26(30)15-11-23)31-29(33)32(20-22-8-18-28(34-2)19-9-22)27-16-12-25(13-17-27)24-6-4-3-5-7-24/h3-11,14-15,18-19,21,25,27H,12-13,16-17,20H2,1-2H3,(H,31,33). The molecule has 0 spiro atoms. The maximum atomic E-state index is 13.5. The van der Waals surface area contributed by atoms with Crippen LogP contribution >= 0.6 is 11.6 Å². The Morgan fingerprint density at radius 2 is 1.62 bits per heavy atom. The fraction of sp³-hybridized carbons (Fsp3) is 0.345. The third-order valence-corrected chi connectivity index (χ3v) is 7.14. The van der Waals surface area contributed by atoms with Gasteiger partial charge >= 0.3 is 6.03 Å². The van der Waals surface area contributed by atoms with Crippen molar-refractivity contribution in [1.29, 1.82) is 0 Å². The van der Waals surface area contributed by atoms with Crippen molar-refractivity contribution in [2.24, 2.45) is 0 Å². The minimum Gasteiger partial charge on any atom is -0.497 e. The molecule has 1 unspecified atom stereocenters. The Morgan fingerprint density at radius 3 is 2.24 bits per heavy atom. The number of benzene rings is 3. The molecule has 3 aromatic rings. The van der Waals surface area contributed by atoms with E-state index in [1.54, 1.807) is 7.11 Å². The Kier molecular flexibility index (Phi) is 8.12. The van der Waals surface area contributed by atoms with E-state index >= 15 is 0 Å². The number of rotatable bonds is 7. The second-order valence-corrected chi connectivity index (χ2v) is 9.55. The van der Waals surface area contributed by atoms with Crippen LogP contribution in [0.4, 0.5) is 4.79 Å². The summed E-state index contributed by atoms with van der Waals surface area (Å²) in [5.74, 6) is 1.39. The van der Waals surface area contributed by atoms with Gasteiger partial charge in [0.05, 0.1) is 13.2 Å². The maximum Gasteiger partial charge on any atom is 0.318 e. The van der Waals surface area contributed by atoms with Gasteiger partial charge in [-0.2, -0.15) is 0 Å². The van der Waals surface area contributed by atoms with Crippen molar-refractivity contribution in [3.8, 4) is 5.75 Å². The van der Waals surface area contributed by atoms with E-state index in [1.165, 1.54) is 5.56 Å². The Balaban J connectivity index is 1.47. The van der Waals surface area contributed by atoms with Gasteiger partial charge in [-0.1, -0.05) is 66.2 Å². The summed E-state index contributed by atoms with van der Waals surface area (Å²) in [5.41, 5.74) is 3.54. The number of methoxy groups -OCH3 is 1. The summed E-state index contributed by atoms with van der Waals surface area (Å²) >= 11 is 6.04. The summed E-state index contributed by atoms with van der Waals surface area (Å²) in [5, 5.41) is 3.91. The van der Waals surface area contributed by atoms with E-state index in [0.717, 1.165) is 42.6 Å². The SMILES string of the molecule is COc1ccc(CN(C(=O)NC(C)c2ccc(Cl)cc2)C2CCC(c3ccccc3)CC2)cc1. The topological polar surface area (TPSA) is 41.6 Å². The number of carbonyl (C=O) groups excluding carboxylic acids is 1. The molecular weight excluding hydrogens is 444 g/mol. The normalized spacial score (nSPS) is 18.7. The van der Waals surface area contributed by atoms with Gasteiger partial charge in [0.1, 0.15) is 5.75 Å². The first-order valence-electron chi connectivity index (χ1n) is 12.0. The van der Waals surface area contributed by atoms with Crippen LogP contribution in [0, 0.1) is 0 Å². The molecule has 4 nitrogen and oxygen atoms in total. The highest BCUT2D eigenvalue weighted by Crippen LogP contribution is 2.35. The van der Waals surface area contributed by atoms with E-state index in [4.69, 9.17) is 16.3 Å². The minimum absolute atomic E-state index is 0.0265. The highest BCUT2D eigenvalue weighted by Gasteiger charge is 2.30. The van der Waals surface area contributed by atoms with Crippen molar-refractivity contribution in [3.05, 3.63) is 101 Å². The summed E-state index contributed by atoms with van der Waals surface area (Å²) < 4.78 is 5.30. The zero-order valence-corrected chi connectivity index (χ0v) is 20.7. The quantitative estimate of drug-likeness (QED) is 0.387. The van der Waals surface area contributed by atoms with Gasteiger partial charge < -0.3 is 15.0 Å². The molecule has 1 aliphatic rings. The fourth-order valence-electron chi connectivity index (χ4n) is 4.84. The van der Waals surface area contributed by atoms with E-state index in [2.05, 4.69) is 35.6 Å². The highest BCUT2D eigenvalue weighted by molar-refractivity contribution is 6.30.